The van der Waals surface area contributed by atoms with Gasteiger partial charge in [0.15, 0.2) is 0 Å². The van der Waals surface area contributed by atoms with Crippen LogP contribution in [0.4, 0.5) is 0 Å². The fourth-order valence-electron chi connectivity index (χ4n) is 2.32. The molecule has 1 saturated carbocycles. The Labute approximate surface area is 91.4 Å². The Balaban J connectivity index is 2.63. The lowest BCUT2D eigenvalue weighted by Gasteiger charge is -2.20. The summed E-state index contributed by atoms with van der Waals surface area (Å²) in [6, 6.07) is 2.12. The summed E-state index contributed by atoms with van der Waals surface area (Å²) in [5, 5.41) is 8.54. The quantitative estimate of drug-likeness (QED) is 0.664. The summed E-state index contributed by atoms with van der Waals surface area (Å²) in [6.45, 7) is 3.86. The average Bonchev–Trinajstić information content (AvgIpc) is 2.68. The molecule has 1 rings (SSSR count). The van der Waals surface area contributed by atoms with E-state index in [4.69, 9.17) is 10.00 Å². The van der Waals surface area contributed by atoms with Gasteiger partial charge in [-0.25, -0.2) is 0 Å². The van der Waals surface area contributed by atoms with Gasteiger partial charge in [0, 0.05) is 6.42 Å². The second-order valence-corrected chi connectivity index (χ2v) is 3.93. The van der Waals surface area contributed by atoms with Gasteiger partial charge in [0.05, 0.1) is 19.1 Å². The molecule has 1 aliphatic rings. The first-order chi connectivity index (χ1) is 7.24. The van der Waals surface area contributed by atoms with E-state index in [1.807, 2.05) is 0 Å². The van der Waals surface area contributed by atoms with Gasteiger partial charge in [-0.15, -0.1) is 0 Å². The van der Waals surface area contributed by atoms with Crippen LogP contribution in [0, 0.1) is 42.4 Å². The summed E-state index contributed by atoms with van der Waals surface area (Å²) in [6.07, 6.45) is 5.07. The molecule has 0 saturated heterocycles. The number of methoxy groups -OCH3 is 1. The largest absolute Gasteiger partial charge is 0.469 e. The summed E-state index contributed by atoms with van der Waals surface area (Å²) in [4.78, 5) is 11.6. The molecule has 82 valence electrons. The van der Waals surface area contributed by atoms with Crippen LogP contribution in [0.2, 0.25) is 0 Å². The third-order valence-corrected chi connectivity index (χ3v) is 3.14. The number of carbonyl (C=O) groups is 1. The normalized spacial score (nSPS) is 29.8. The summed E-state index contributed by atoms with van der Waals surface area (Å²) >= 11 is 0. The van der Waals surface area contributed by atoms with Crippen LogP contribution in [0.5, 0.6) is 0 Å². The Hall–Kier alpha value is -1.04. The van der Waals surface area contributed by atoms with Crippen LogP contribution in [-0.2, 0) is 9.53 Å². The van der Waals surface area contributed by atoms with E-state index in [1.54, 1.807) is 0 Å². The molecule has 3 heteroatoms. The molecule has 2 radical (unpaired) electrons. The highest BCUT2D eigenvalue weighted by Crippen LogP contribution is 2.41. The van der Waals surface area contributed by atoms with Crippen molar-refractivity contribution in [2.75, 3.05) is 7.11 Å². The number of hydrogen-bond acceptors (Lipinski definition) is 3. The van der Waals surface area contributed by atoms with Gasteiger partial charge in [0.1, 0.15) is 0 Å². The first kappa shape index (κ1) is 12.0. The fraction of sp³-hybridized carbons (Fsp3) is 0.667. The standard InChI is InChI=1S/C12H17NO2/c1-3-9-6-7-10(5-4-8-13)11(9)12(14)15-2/h7,9-11H,1,3-6H2,2H3. The summed E-state index contributed by atoms with van der Waals surface area (Å²) < 4.78 is 4.81. The van der Waals surface area contributed by atoms with E-state index in [-0.39, 0.29) is 17.8 Å². The van der Waals surface area contributed by atoms with Crippen LogP contribution in [0.15, 0.2) is 0 Å². The first-order valence-electron chi connectivity index (χ1n) is 5.32. The van der Waals surface area contributed by atoms with E-state index >= 15 is 0 Å². The topological polar surface area (TPSA) is 50.1 Å². The van der Waals surface area contributed by atoms with Crippen molar-refractivity contribution in [3.63, 3.8) is 0 Å². The third kappa shape index (κ3) is 2.71. The Morgan fingerprint density at radius 1 is 1.73 bits per heavy atom. The third-order valence-electron chi connectivity index (χ3n) is 3.14. The smallest absolute Gasteiger partial charge is 0.309 e. The maximum absolute atomic E-state index is 11.6. The van der Waals surface area contributed by atoms with Crippen LogP contribution in [-0.4, -0.2) is 13.1 Å². The number of nitrogens with zero attached hydrogens (tertiary/aromatic N) is 1. The number of nitriles is 1. The molecule has 3 nitrogen and oxygen atoms in total. The van der Waals surface area contributed by atoms with Crippen LogP contribution < -0.4 is 0 Å². The maximum Gasteiger partial charge on any atom is 0.309 e. The molecule has 15 heavy (non-hydrogen) atoms. The molecule has 1 fully saturated rings. The second kappa shape index (κ2) is 5.75. The molecule has 1 aliphatic carbocycles. The maximum atomic E-state index is 11.6. The zero-order valence-electron chi connectivity index (χ0n) is 9.11. The van der Waals surface area contributed by atoms with Gasteiger partial charge in [-0.05, 0) is 37.5 Å². The minimum atomic E-state index is -0.152. The van der Waals surface area contributed by atoms with Crippen molar-refractivity contribution in [3.05, 3.63) is 13.3 Å². The number of esters is 1. The minimum absolute atomic E-state index is 0.0825. The molecule has 0 bridgehead atoms. The molecule has 0 aromatic carbocycles. The van der Waals surface area contributed by atoms with Crippen molar-refractivity contribution in [2.24, 2.45) is 17.8 Å². The van der Waals surface area contributed by atoms with E-state index in [0.29, 0.717) is 12.3 Å². The Morgan fingerprint density at radius 3 is 3.00 bits per heavy atom. The number of hydrogen-bond donors (Lipinski definition) is 0. The van der Waals surface area contributed by atoms with Gasteiger partial charge >= 0.3 is 5.97 Å². The summed E-state index contributed by atoms with van der Waals surface area (Å²) in [5.74, 6) is 0.256. The van der Waals surface area contributed by atoms with Gasteiger partial charge in [-0.3, -0.25) is 4.79 Å². The number of carbonyl (C=O) groups excluding carboxylic acids is 1. The number of rotatable bonds is 4. The average molecular weight is 207 g/mol. The number of ether oxygens (including phenoxy) is 1. The SMILES string of the molecule is [CH2]CC1C[CH]C(CCC#N)C1C(=O)OC. The van der Waals surface area contributed by atoms with Crippen LogP contribution in [0.1, 0.15) is 25.7 Å². The van der Waals surface area contributed by atoms with Crippen molar-refractivity contribution >= 4 is 5.97 Å². The van der Waals surface area contributed by atoms with E-state index < -0.39 is 0 Å². The highest BCUT2D eigenvalue weighted by molar-refractivity contribution is 5.73. The van der Waals surface area contributed by atoms with Crippen molar-refractivity contribution in [3.8, 4) is 6.07 Å². The predicted molar refractivity (Wildman–Crippen MR) is 56.2 cm³/mol. The molecule has 0 heterocycles. The first-order valence-corrected chi connectivity index (χ1v) is 5.32. The highest BCUT2D eigenvalue weighted by atomic mass is 16.5. The van der Waals surface area contributed by atoms with Crippen molar-refractivity contribution in [2.45, 2.75) is 25.7 Å². The minimum Gasteiger partial charge on any atom is -0.469 e. The monoisotopic (exact) mass is 207 g/mol. The summed E-state index contributed by atoms with van der Waals surface area (Å²) in [7, 11) is 1.42. The van der Waals surface area contributed by atoms with Crippen molar-refractivity contribution in [1.29, 1.82) is 5.26 Å². The molecule has 0 amide bonds. The Morgan fingerprint density at radius 2 is 2.47 bits per heavy atom. The van der Waals surface area contributed by atoms with Gasteiger partial charge in [0.2, 0.25) is 0 Å². The van der Waals surface area contributed by atoms with E-state index in [9.17, 15) is 4.79 Å². The zero-order chi connectivity index (χ0) is 11.3. The lowest BCUT2D eigenvalue weighted by atomic mass is 9.85. The zero-order valence-corrected chi connectivity index (χ0v) is 9.11. The van der Waals surface area contributed by atoms with Crippen molar-refractivity contribution in [1.82, 2.24) is 0 Å². The van der Waals surface area contributed by atoms with Gasteiger partial charge in [0.25, 0.3) is 0 Å². The van der Waals surface area contributed by atoms with Gasteiger partial charge in [-0.1, -0.05) is 6.92 Å². The molecule has 0 aliphatic heterocycles. The van der Waals surface area contributed by atoms with Gasteiger partial charge in [-0.2, -0.15) is 5.26 Å². The summed E-state index contributed by atoms with van der Waals surface area (Å²) in [5.41, 5.74) is 0. The molecule has 0 spiro atoms. The lowest BCUT2D eigenvalue weighted by Crippen LogP contribution is -2.26. The van der Waals surface area contributed by atoms with Crippen molar-refractivity contribution < 1.29 is 9.53 Å². The molecule has 3 atom stereocenters. The Bertz CT molecular complexity index is 257. The van der Waals surface area contributed by atoms with Crippen LogP contribution in [0.3, 0.4) is 0 Å². The molecule has 0 N–H and O–H groups in total. The predicted octanol–water partition coefficient (Wildman–Crippen LogP) is 2.14. The Kier molecular flexibility index (Phi) is 4.61. The van der Waals surface area contributed by atoms with E-state index in [1.165, 1.54) is 7.11 Å². The lowest BCUT2D eigenvalue weighted by molar-refractivity contribution is -0.148. The molecular weight excluding hydrogens is 190 g/mol. The van der Waals surface area contributed by atoms with Gasteiger partial charge < -0.3 is 4.74 Å². The second-order valence-electron chi connectivity index (χ2n) is 3.93. The van der Waals surface area contributed by atoms with Crippen LogP contribution >= 0.6 is 0 Å². The molecule has 0 aromatic rings. The highest BCUT2D eigenvalue weighted by Gasteiger charge is 2.40. The molecular formula is C12H17NO2. The molecule has 3 unspecified atom stereocenters. The van der Waals surface area contributed by atoms with E-state index in [0.717, 1.165) is 19.3 Å². The fourth-order valence-corrected chi connectivity index (χ4v) is 2.32. The van der Waals surface area contributed by atoms with E-state index in [2.05, 4.69) is 19.4 Å². The molecule has 0 aromatic heterocycles. The van der Waals surface area contributed by atoms with Crippen LogP contribution in [0.25, 0.3) is 0 Å².